The van der Waals surface area contributed by atoms with Crippen molar-refractivity contribution in [2.45, 2.75) is 54.6 Å². The van der Waals surface area contributed by atoms with E-state index in [9.17, 15) is 17.6 Å². The van der Waals surface area contributed by atoms with Crippen LogP contribution in [0.1, 0.15) is 65.3 Å². The van der Waals surface area contributed by atoms with Crippen molar-refractivity contribution in [1.82, 2.24) is 19.3 Å². The molecule has 204 valence electrons. The number of rotatable bonds is 6. The molecular formula is C31H29FN4O3S. The van der Waals surface area contributed by atoms with Crippen LogP contribution in [0.5, 0.6) is 0 Å². The van der Waals surface area contributed by atoms with Crippen molar-refractivity contribution in [2.75, 3.05) is 0 Å². The van der Waals surface area contributed by atoms with Gasteiger partial charge in [-0.3, -0.25) is 9.78 Å². The van der Waals surface area contributed by atoms with Crippen molar-refractivity contribution >= 4 is 21.7 Å². The Morgan fingerprint density at radius 2 is 1.85 bits per heavy atom. The van der Waals surface area contributed by atoms with Gasteiger partial charge in [-0.05, 0) is 98.0 Å². The highest BCUT2D eigenvalue weighted by molar-refractivity contribution is 7.92. The molecule has 2 saturated carbocycles. The maximum absolute atomic E-state index is 14.4. The lowest BCUT2D eigenvalue weighted by Gasteiger charge is -2.43. The number of Topliss-reactive ketones (excluding diaryl/α,β-unsaturated/α-hetero) is 1. The van der Waals surface area contributed by atoms with Crippen LogP contribution in [0.25, 0.3) is 11.8 Å². The average Bonchev–Trinajstić information content (AvgIpc) is 3.59. The summed E-state index contributed by atoms with van der Waals surface area (Å²) in [6.07, 6.45) is 12.6. The number of sulfone groups is 1. The number of nitrogens with zero attached hydrogens (tertiary/aromatic N) is 4. The number of ketones is 1. The lowest BCUT2D eigenvalue weighted by Crippen LogP contribution is -2.45. The number of aryl methyl sites for hydroxylation is 1. The van der Waals surface area contributed by atoms with Crippen molar-refractivity contribution in [3.05, 3.63) is 101 Å². The summed E-state index contributed by atoms with van der Waals surface area (Å²) >= 11 is 0. The number of fused-ring (bicyclic) bond motifs is 2. The van der Waals surface area contributed by atoms with Gasteiger partial charge in [0.1, 0.15) is 11.5 Å². The highest BCUT2D eigenvalue weighted by Crippen LogP contribution is 2.52. The van der Waals surface area contributed by atoms with E-state index in [0.29, 0.717) is 30.9 Å². The first-order valence-corrected chi connectivity index (χ1v) is 15.2. The highest BCUT2D eigenvalue weighted by Gasteiger charge is 2.52. The maximum Gasteiger partial charge on any atom is 0.191 e. The quantitative estimate of drug-likeness (QED) is 0.295. The molecular weight excluding hydrogens is 527 g/mol. The average molecular weight is 557 g/mol. The van der Waals surface area contributed by atoms with E-state index in [1.54, 1.807) is 65.3 Å². The fraction of sp³-hybridized carbons (Fsp3) is 0.323. The first kappa shape index (κ1) is 25.1. The third-order valence-electron chi connectivity index (χ3n) is 8.76. The van der Waals surface area contributed by atoms with Crippen molar-refractivity contribution in [1.29, 1.82) is 0 Å². The van der Waals surface area contributed by atoms with Crippen LogP contribution < -0.4 is 0 Å². The molecule has 0 aliphatic heterocycles. The molecule has 40 heavy (non-hydrogen) atoms. The van der Waals surface area contributed by atoms with Crippen molar-refractivity contribution in [3.8, 4) is 5.69 Å². The lowest BCUT2D eigenvalue weighted by atomic mass is 9.61. The van der Waals surface area contributed by atoms with Crippen LogP contribution in [0.2, 0.25) is 0 Å². The summed E-state index contributed by atoms with van der Waals surface area (Å²) in [4.78, 5) is 19.3. The predicted octanol–water partition coefficient (Wildman–Crippen LogP) is 5.46. The second kappa shape index (κ2) is 9.09. The zero-order chi connectivity index (χ0) is 27.6. The Kier molecular flexibility index (Phi) is 5.71. The summed E-state index contributed by atoms with van der Waals surface area (Å²) in [6.45, 7) is 0. The van der Waals surface area contributed by atoms with Gasteiger partial charge in [0.25, 0.3) is 0 Å². The van der Waals surface area contributed by atoms with E-state index in [-0.39, 0.29) is 22.9 Å². The summed E-state index contributed by atoms with van der Waals surface area (Å²) in [6, 6.07) is 11.5. The number of benzene rings is 1. The monoisotopic (exact) mass is 556 g/mol. The second-order valence-electron chi connectivity index (χ2n) is 11.4. The Morgan fingerprint density at radius 3 is 2.52 bits per heavy atom. The number of carbonyl (C=O) groups is 1. The smallest absolute Gasteiger partial charge is 0.191 e. The fourth-order valence-electron chi connectivity index (χ4n) is 6.40. The van der Waals surface area contributed by atoms with Gasteiger partial charge in [-0.25, -0.2) is 17.5 Å². The summed E-state index contributed by atoms with van der Waals surface area (Å²) < 4.78 is 44.6. The van der Waals surface area contributed by atoms with Gasteiger partial charge < -0.3 is 4.57 Å². The molecule has 2 atom stereocenters. The minimum absolute atomic E-state index is 0.144. The maximum atomic E-state index is 14.4. The largest absolute Gasteiger partial charge is 0.356 e. The number of hydrogen-bond donors (Lipinski definition) is 0. The van der Waals surface area contributed by atoms with E-state index in [2.05, 4.69) is 10.1 Å². The normalized spacial score (nSPS) is 22.4. The van der Waals surface area contributed by atoms with Crippen LogP contribution in [0.15, 0.2) is 77.7 Å². The third kappa shape index (κ3) is 4.06. The molecule has 0 bridgehead atoms. The fourth-order valence-corrected chi connectivity index (χ4v) is 8.28. The zero-order valence-electron chi connectivity index (χ0n) is 22.1. The SMILES string of the molecule is Cn1ccc(S(=O)(=O)[C@H]2CCC3=Cc4c(cnn4-c4ccc(F)cc4)C[C@]3(C(=O)c3ccc(C4CC4)cn3)C2)c1. The summed E-state index contributed by atoms with van der Waals surface area (Å²) in [5.74, 6) is 0.0509. The molecule has 3 aliphatic carbocycles. The molecule has 3 heterocycles. The number of allylic oxidation sites excluding steroid dienone is 1. The molecule has 7 rings (SSSR count). The van der Waals surface area contributed by atoms with Gasteiger partial charge in [-0.1, -0.05) is 11.6 Å². The van der Waals surface area contributed by atoms with Crippen molar-refractivity contribution in [2.24, 2.45) is 12.5 Å². The number of halogens is 1. The summed E-state index contributed by atoms with van der Waals surface area (Å²) in [5, 5.41) is 3.88. The molecule has 0 saturated heterocycles. The van der Waals surface area contributed by atoms with Gasteiger partial charge in [0.2, 0.25) is 0 Å². The molecule has 0 unspecified atom stereocenters. The van der Waals surface area contributed by atoms with E-state index in [1.165, 1.54) is 12.1 Å². The third-order valence-corrected chi connectivity index (χ3v) is 10.9. The molecule has 0 amide bonds. The van der Waals surface area contributed by atoms with Gasteiger partial charge in [0, 0.05) is 25.6 Å². The Labute approximate surface area is 232 Å². The number of hydrogen-bond acceptors (Lipinski definition) is 5. The Morgan fingerprint density at radius 1 is 1.05 bits per heavy atom. The van der Waals surface area contributed by atoms with Crippen LogP contribution >= 0.6 is 0 Å². The second-order valence-corrected chi connectivity index (χ2v) is 13.6. The molecule has 2 fully saturated rings. The van der Waals surface area contributed by atoms with E-state index in [4.69, 9.17) is 0 Å². The Balaban J connectivity index is 1.31. The molecule has 9 heteroatoms. The Bertz CT molecular complexity index is 1770. The van der Waals surface area contributed by atoms with Crippen LogP contribution in [-0.2, 0) is 23.3 Å². The van der Waals surface area contributed by atoms with Crippen molar-refractivity contribution < 1.29 is 17.6 Å². The predicted molar refractivity (Wildman–Crippen MR) is 148 cm³/mol. The van der Waals surface area contributed by atoms with Gasteiger partial charge in [-0.15, -0.1) is 0 Å². The Hall–Kier alpha value is -3.85. The molecule has 3 aromatic heterocycles. The highest BCUT2D eigenvalue weighted by atomic mass is 32.2. The van der Waals surface area contributed by atoms with Gasteiger partial charge in [-0.2, -0.15) is 5.10 Å². The topological polar surface area (TPSA) is 86.9 Å². The standard InChI is InChI=1S/C31H29FN4O3S/c1-35-13-12-27(19-35)40(38,39)26-10-5-23-14-29-22(18-34-36(29)25-8-6-24(32)7-9-25)15-31(23,16-26)30(37)28-11-4-21(17-33-28)20-2-3-20/h4,6-9,11-14,17-20,26H,2-3,5,10,15-16H2,1H3/t26-,31-/m0/s1. The molecule has 0 N–H and O–H groups in total. The van der Waals surface area contributed by atoms with E-state index < -0.39 is 20.5 Å². The molecule has 0 radical (unpaired) electrons. The van der Waals surface area contributed by atoms with E-state index in [0.717, 1.165) is 40.9 Å². The van der Waals surface area contributed by atoms with Crippen LogP contribution in [0.4, 0.5) is 4.39 Å². The van der Waals surface area contributed by atoms with Gasteiger partial charge >= 0.3 is 0 Å². The zero-order valence-corrected chi connectivity index (χ0v) is 22.9. The number of carbonyl (C=O) groups excluding carboxylic acids is 1. The van der Waals surface area contributed by atoms with Crippen LogP contribution in [0, 0.1) is 11.2 Å². The minimum atomic E-state index is -3.65. The first-order chi connectivity index (χ1) is 19.2. The molecule has 7 nitrogen and oxygen atoms in total. The minimum Gasteiger partial charge on any atom is -0.356 e. The van der Waals surface area contributed by atoms with Crippen LogP contribution in [0.3, 0.4) is 0 Å². The van der Waals surface area contributed by atoms with E-state index in [1.807, 2.05) is 12.1 Å². The summed E-state index contributed by atoms with van der Waals surface area (Å²) in [7, 11) is -1.86. The van der Waals surface area contributed by atoms with Crippen molar-refractivity contribution in [3.63, 3.8) is 0 Å². The van der Waals surface area contributed by atoms with Crippen LogP contribution in [-0.4, -0.2) is 38.8 Å². The molecule has 4 aromatic rings. The molecule has 1 aromatic carbocycles. The molecule has 0 spiro atoms. The number of pyridine rings is 1. The summed E-state index contributed by atoms with van der Waals surface area (Å²) in [5.41, 5.74) is 3.78. The van der Waals surface area contributed by atoms with E-state index >= 15 is 0 Å². The first-order valence-electron chi connectivity index (χ1n) is 13.7. The number of aromatic nitrogens is 4. The van der Waals surface area contributed by atoms with Gasteiger partial charge in [0.15, 0.2) is 15.6 Å². The van der Waals surface area contributed by atoms with Gasteiger partial charge in [0.05, 0.1) is 33.1 Å². The molecule has 3 aliphatic rings. The lowest BCUT2D eigenvalue weighted by molar-refractivity contribution is 0.0796.